The van der Waals surface area contributed by atoms with E-state index in [1.165, 1.54) is 0 Å². The van der Waals surface area contributed by atoms with Crippen molar-refractivity contribution in [1.82, 2.24) is 5.32 Å². The van der Waals surface area contributed by atoms with Crippen molar-refractivity contribution < 1.29 is 9.59 Å². The molecule has 0 saturated heterocycles. The molecule has 2 N–H and O–H groups in total. The molecule has 4 nitrogen and oxygen atoms in total. The van der Waals surface area contributed by atoms with Gasteiger partial charge in [-0.2, -0.15) is 0 Å². The van der Waals surface area contributed by atoms with E-state index in [-0.39, 0.29) is 11.8 Å². The fraction of sp³-hybridized carbons (Fsp3) is 0.176. The number of carbonyl (C=O) groups is 2. The Balaban J connectivity index is 2.28. The molecule has 0 unspecified atom stereocenters. The predicted octanol–water partition coefficient (Wildman–Crippen LogP) is 4.36. The number of rotatable bonds is 4. The Kier molecular flexibility index (Phi) is 6.17. The van der Waals surface area contributed by atoms with Crippen molar-refractivity contribution in [2.45, 2.75) is 13.8 Å². The van der Waals surface area contributed by atoms with Gasteiger partial charge < -0.3 is 10.6 Å². The summed E-state index contributed by atoms with van der Waals surface area (Å²) >= 11 is 5.50. The third-order valence-electron chi connectivity index (χ3n) is 3.26. The van der Waals surface area contributed by atoms with Crippen molar-refractivity contribution in [3.05, 3.63) is 61.1 Å². The van der Waals surface area contributed by atoms with Crippen molar-refractivity contribution in [3.63, 3.8) is 0 Å². The first-order valence-corrected chi connectivity index (χ1v) is 8.94. The van der Waals surface area contributed by atoms with Gasteiger partial charge in [0.1, 0.15) is 0 Å². The summed E-state index contributed by atoms with van der Waals surface area (Å²) in [5.41, 5.74) is 2.64. The van der Waals surface area contributed by atoms with Crippen LogP contribution in [0.4, 0.5) is 5.69 Å². The zero-order valence-electron chi connectivity index (χ0n) is 12.7. The molecular formula is C17H16BrIN2O2. The van der Waals surface area contributed by atoms with E-state index in [0.29, 0.717) is 23.4 Å². The largest absolute Gasteiger partial charge is 0.352 e. The number of anilines is 1. The van der Waals surface area contributed by atoms with Crippen LogP contribution in [-0.4, -0.2) is 18.4 Å². The van der Waals surface area contributed by atoms with Crippen LogP contribution in [0.5, 0.6) is 0 Å². The summed E-state index contributed by atoms with van der Waals surface area (Å²) in [5, 5.41) is 5.64. The van der Waals surface area contributed by atoms with Crippen LogP contribution in [0.25, 0.3) is 0 Å². The van der Waals surface area contributed by atoms with Gasteiger partial charge in [0.2, 0.25) is 0 Å². The Morgan fingerprint density at radius 3 is 2.57 bits per heavy atom. The third-order valence-corrected chi connectivity index (χ3v) is 4.69. The molecule has 0 saturated carbocycles. The fourth-order valence-corrected chi connectivity index (χ4v) is 2.96. The highest BCUT2D eigenvalue weighted by Gasteiger charge is 2.13. The summed E-state index contributed by atoms with van der Waals surface area (Å²) in [4.78, 5) is 24.4. The molecule has 0 spiro atoms. The number of halogens is 2. The standard InChI is InChI=1S/C17H16BrIN2O2/c1-3-20-16(22)11-5-4-10(2)15(8-11)21-17(23)13-9-12(18)6-7-14(13)19/h4-9H,3H2,1-2H3,(H,20,22)(H,21,23). The number of hydrogen-bond acceptors (Lipinski definition) is 2. The topological polar surface area (TPSA) is 58.2 Å². The van der Waals surface area contributed by atoms with E-state index >= 15 is 0 Å². The van der Waals surface area contributed by atoms with E-state index in [1.807, 2.05) is 32.0 Å². The average Bonchev–Trinajstić information content (AvgIpc) is 2.52. The van der Waals surface area contributed by atoms with Crippen LogP contribution in [0.1, 0.15) is 33.2 Å². The molecule has 120 valence electrons. The molecule has 2 aromatic carbocycles. The highest BCUT2D eigenvalue weighted by Crippen LogP contribution is 2.22. The maximum atomic E-state index is 12.5. The molecule has 0 aliphatic carbocycles. The molecule has 23 heavy (non-hydrogen) atoms. The van der Waals surface area contributed by atoms with Crippen LogP contribution in [0.15, 0.2) is 40.9 Å². The Bertz CT molecular complexity index is 762. The van der Waals surface area contributed by atoms with Crippen molar-refractivity contribution in [2.75, 3.05) is 11.9 Å². The Hall–Kier alpha value is -1.41. The van der Waals surface area contributed by atoms with Crippen molar-refractivity contribution >= 4 is 56.0 Å². The first-order chi connectivity index (χ1) is 10.9. The third kappa shape index (κ3) is 4.54. The second-order valence-corrected chi connectivity index (χ2v) is 7.05. The Morgan fingerprint density at radius 1 is 1.13 bits per heavy atom. The Labute approximate surface area is 157 Å². The van der Waals surface area contributed by atoms with Gasteiger partial charge in [0.15, 0.2) is 0 Å². The van der Waals surface area contributed by atoms with Crippen LogP contribution in [0.3, 0.4) is 0 Å². The summed E-state index contributed by atoms with van der Waals surface area (Å²) in [6.07, 6.45) is 0. The lowest BCUT2D eigenvalue weighted by molar-refractivity contribution is 0.0954. The number of hydrogen-bond donors (Lipinski definition) is 2. The van der Waals surface area contributed by atoms with Crippen molar-refractivity contribution in [3.8, 4) is 0 Å². The van der Waals surface area contributed by atoms with Gasteiger partial charge in [-0.15, -0.1) is 0 Å². The van der Waals surface area contributed by atoms with Crippen LogP contribution in [0, 0.1) is 10.5 Å². The zero-order chi connectivity index (χ0) is 17.0. The second kappa shape index (κ2) is 7.92. The maximum absolute atomic E-state index is 12.5. The van der Waals surface area contributed by atoms with Crippen LogP contribution >= 0.6 is 38.5 Å². The first kappa shape index (κ1) is 17.9. The molecular weight excluding hydrogens is 471 g/mol. The number of nitrogens with one attached hydrogen (secondary N) is 2. The minimum absolute atomic E-state index is 0.153. The number of benzene rings is 2. The van der Waals surface area contributed by atoms with Crippen molar-refractivity contribution in [1.29, 1.82) is 0 Å². The predicted molar refractivity (Wildman–Crippen MR) is 104 cm³/mol. The second-order valence-electron chi connectivity index (χ2n) is 4.97. The molecule has 6 heteroatoms. The van der Waals surface area contributed by atoms with Crippen molar-refractivity contribution in [2.24, 2.45) is 0 Å². The average molecular weight is 487 g/mol. The Morgan fingerprint density at radius 2 is 1.87 bits per heavy atom. The van der Waals surface area contributed by atoms with Gasteiger partial charge in [-0.3, -0.25) is 9.59 Å². The monoisotopic (exact) mass is 486 g/mol. The van der Waals surface area contributed by atoms with E-state index in [2.05, 4.69) is 49.2 Å². The normalized spacial score (nSPS) is 10.3. The van der Waals surface area contributed by atoms with Gasteiger partial charge in [-0.05, 0) is 72.3 Å². The first-order valence-electron chi connectivity index (χ1n) is 7.07. The van der Waals surface area contributed by atoms with Gasteiger partial charge in [0, 0.05) is 25.8 Å². The molecule has 0 fully saturated rings. The zero-order valence-corrected chi connectivity index (χ0v) is 16.5. The van der Waals surface area contributed by atoms with Crippen LogP contribution in [0.2, 0.25) is 0 Å². The minimum Gasteiger partial charge on any atom is -0.352 e. The highest BCUT2D eigenvalue weighted by molar-refractivity contribution is 14.1. The number of aryl methyl sites for hydroxylation is 1. The maximum Gasteiger partial charge on any atom is 0.256 e. The molecule has 0 aliphatic rings. The quantitative estimate of drug-likeness (QED) is 0.630. The molecule has 0 radical (unpaired) electrons. The van der Waals surface area contributed by atoms with Gasteiger partial charge in [-0.25, -0.2) is 0 Å². The minimum atomic E-state index is -0.202. The van der Waals surface area contributed by atoms with E-state index in [4.69, 9.17) is 0 Å². The van der Waals surface area contributed by atoms with E-state index < -0.39 is 0 Å². The number of amides is 2. The van der Waals surface area contributed by atoms with E-state index in [9.17, 15) is 9.59 Å². The molecule has 2 rings (SSSR count). The summed E-state index contributed by atoms with van der Waals surface area (Å²) < 4.78 is 1.71. The van der Waals surface area contributed by atoms with Crippen LogP contribution < -0.4 is 10.6 Å². The van der Waals surface area contributed by atoms with Gasteiger partial charge >= 0.3 is 0 Å². The molecule has 2 aromatic rings. The fourth-order valence-electron chi connectivity index (χ4n) is 2.02. The number of carbonyl (C=O) groups excluding carboxylic acids is 2. The van der Waals surface area contributed by atoms with E-state index in [1.54, 1.807) is 18.2 Å². The van der Waals surface area contributed by atoms with Gasteiger partial charge in [0.25, 0.3) is 11.8 Å². The van der Waals surface area contributed by atoms with E-state index in [0.717, 1.165) is 13.6 Å². The van der Waals surface area contributed by atoms with Crippen LogP contribution in [-0.2, 0) is 0 Å². The summed E-state index contributed by atoms with van der Waals surface area (Å²) in [7, 11) is 0. The lowest BCUT2D eigenvalue weighted by atomic mass is 10.1. The lowest BCUT2D eigenvalue weighted by Crippen LogP contribution is -2.23. The summed E-state index contributed by atoms with van der Waals surface area (Å²) in [5.74, 6) is -0.355. The summed E-state index contributed by atoms with van der Waals surface area (Å²) in [6.45, 7) is 4.32. The van der Waals surface area contributed by atoms with Gasteiger partial charge in [0.05, 0.1) is 5.56 Å². The van der Waals surface area contributed by atoms with Gasteiger partial charge in [-0.1, -0.05) is 22.0 Å². The smallest absolute Gasteiger partial charge is 0.256 e. The SMILES string of the molecule is CCNC(=O)c1ccc(C)c(NC(=O)c2cc(Br)ccc2I)c1. The molecule has 0 aromatic heterocycles. The molecule has 2 amide bonds. The lowest BCUT2D eigenvalue weighted by Gasteiger charge is -2.12. The molecule has 0 bridgehead atoms. The molecule has 0 heterocycles. The summed E-state index contributed by atoms with van der Waals surface area (Å²) in [6, 6.07) is 10.8. The molecule has 0 atom stereocenters. The molecule has 0 aliphatic heterocycles. The highest BCUT2D eigenvalue weighted by atomic mass is 127.